The molecule has 0 aromatic heterocycles. The zero-order valence-corrected chi connectivity index (χ0v) is 13.2. The summed E-state index contributed by atoms with van der Waals surface area (Å²) in [5.41, 5.74) is 5.94. The lowest BCUT2D eigenvalue weighted by atomic mass is 10.1. The van der Waals surface area contributed by atoms with Crippen LogP contribution in [0.25, 0.3) is 0 Å². The number of esters is 1. The molecule has 1 atom stereocenters. The SMILES string of the molecule is COc1cc(N)c(C(=O)O)cc1OC(C)OC(=O)c1ccccc1. The van der Waals surface area contributed by atoms with E-state index in [4.69, 9.17) is 25.1 Å². The lowest BCUT2D eigenvalue weighted by Crippen LogP contribution is -2.21. The van der Waals surface area contributed by atoms with Crippen molar-refractivity contribution in [3.05, 3.63) is 53.6 Å². The number of hydrogen-bond acceptors (Lipinski definition) is 6. The van der Waals surface area contributed by atoms with Crippen LogP contribution in [0.3, 0.4) is 0 Å². The van der Waals surface area contributed by atoms with Crippen molar-refractivity contribution < 1.29 is 28.9 Å². The summed E-state index contributed by atoms with van der Waals surface area (Å²) in [6, 6.07) is 11.0. The molecule has 0 aliphatic heterocycles. The first-order valence-electron chi connectivity index (χ1n) is 7.06. The summed E-state index contributed by atoms with van der Waals surface area (Å²) < 4.78 is 15.8. The van der Waals surface area contributed by atoms with Crippen LogP contribution in [0.1, 0.15) is 27.6 Å². The molecule has 3 N–H and O–H groups in total. The summed E-state index contributed by atoms with van der Waals surface area (Å²) in [6.45, 7) is 1.51. The molecular weight excluding hydrogens is 314 g/mol. The average Bonchev–Trinajstić information content (AvgIpc) is 2.56. The Labute approximate surface area is 138 Å². The van der Waals surface area contributed by atoms with Gasteiger partial charge in [-0.3, -0.25) is 0 Å². The van der Waals surface area contributed by atoms with Gasteiger partial charge in [-0.05, 0) is 12.1 Å². The standard InChI is InChI=1S/C17H17NO6/c1-10(24-17(21)11-6-4-3-5-7-11)23-15-8-12(16(19)20)13(18)9-14(15)22-2/h3-10H,18H2,1-2H3,(H,19,20). The van der Waals surface area contributed by atoms with Crippen LogP contribution in [-0.2, 0) is 4.74 Å². The Morgan fingerprint density at radius 2 is 1.79 bits per heavy atom. The third-order valence-corrected chi connectivity index (χ3v) is 3.14. The summed E-state index contributed by atoms with van der Waals surface area (Å²) >= 11 is 0. The van der Waals surface area contributed by atoms with Crippen LogP contribution in [0.2, 0.25) is 0 Å². The number of benzene rings is 2. The van der Waals surface area contributed by atoms with Crippen LogP contribution in [-0.4, -0.2) is 30.4 Å². The Bertz CT molecular complexity index is 744. The van der Waals surface area contributed by atoms with Gasteiger partial charge in [0.2, 0.25) is 6.29 Å². The van der Waals surface area contributed by atoms with Gasteiger partial charge in [-0.1, -0.05) is 18.2 Å². The number of carbonyl (C=O) groups excluding carboxylic acids is 1. The molecule has 126 valence electrons. The van der Waals surface area contributed by atoms with Crippen molar-refractivity contribution >= 4 is 17.6 Å². The van der Waals surface area contributed by atoms with Crippen LogP contribution < -0.4 is 15.2 Å². The van der Waals surface area contributed by atoms with E-state index in [1.807, 2.05) is 0 Å². The number of methoxy groups -OCH3 is 1. The fraction of sp³-hybridized carbons (Fsp3) is 0.176. The Hall–Kier alpha value is -3.22. The van der Waals surface area contributed by atoms with Gasteiger partial charge in [0.15, 0.2) is 11.5 Å². The molecular formula is C17H17NO6. The van der Waals surface area contributed by atoms with E-state index < -0.39 is 18.2 Å². The summed E-state index contributed by atoms with van der Waals surface area (Å²) in [5, 5.41) is 9.12. The Morgan fingerprint density at radius 1 is 1.12 bits per heavy atom. The topological polar surface area (TPSA) is 108 Å². The first kappa shape index (κ1) is 17.1. The maximum Gasteiger partial charge on any atom is 0.341 e. The molecule has 0 saturated carbocycles. The maximum atomic E-state index is 12.0. The molecule has 0 radical (unpaired) electrons. The summed E-state index contributed by atoms with van der Waals surface area (Å²) in [7, 11) is 1.39. The van der Waals surface area contributed by atoms with Crippen LogP contribution in [0.5, 0.6) is 11.5 Å². The number of carboxylic acid groups (broad SMARTS) is 1. The molecule has 0 spiro atoms. The van der Waals surface area contributed by atoms with E-state index in [2.05, 4.69) is 0 Å². The van der Waals surface area contributed by atoms with Gasteiger partial charge in [0.1, 0.15) is 0 Å². The fourth-order valence-corrected chi connectivity index (χ4v) is 2.01. The van der Waals surface area contributed by atoms with Gasteiger partial charge in [-0.25, -0.2) is 9.59 Å². The highest BCUT2D eigenvalue weighted by Gasteiger charge is 2.18. The average molecular weight is 331 g/mol. The Balaban J connectivity index is 2.16. The Morgan fingerprint density at radius 3 is 2.38 bits per heavy atom. The summed E-state index contributed by atoms with van der Waals surface area (Å²) in [4.78, 5) is 23.1. The molecule has 0 aliphatic carbocycles. The van der Waals surface area contributed by atoms with Gasteiger partial charge < -0.3 is 25.1 Å². The van der Waals surface area contributed by atoms with E-state index in [1.54, 1.807) is 30.3 Å². The fourth-order valence-electron chi connectivity index (χ4n) is 2.01. The number of rotatable bonds is 6. The molecule has 7 nitrogen and oxygen atoms in total. The van der Waals surface area contributed by atoms with Crippen molar-refractivity contribution in [1.29, 1.82) is 0 Å². The van der Waals surface area contributed by atoms with Gasteiger partial charge in [0.25, 0.3) is 0 Å². The smallest absolute Gasteiger partial charge is 0.341 e. The van der Waals surface area contributed by atoms with Crippen molar-refractivity contribution in [1.82, 2.24) is 0 Å². The van der Waals surface area contributed by atoms with E-state index >= 15 is 0 Å². The number of nitrogens with two attached hydrogens (primary N) is 1. The largest absolute Gasteiger partial charge is 0.493 e. The minimum absolute atomic E-state index is 0.0423. The molecule has 2 rings (SSSR count). The van der Waals surface area contributed by atoms with Gasteiger partial charge in [-0.2, -0.15) is 0 Å². The van der Waals surface area contributed by atoms with E-state index in [-0.39, 0.29) is 22.7 Å². The second-order valence-electron chi connectivity index (χ2n) is 4.85. The number of aromatic carboxylic acids is 1. The highest BCUT2D eigenvalue weighted by atomic mass is 16.7. The van der Waals surface area contributed by atoms with Crippen molar-refractivity contribution in [2.24, 2.45) is 0 Å². The molecule has 2 aromatic rings. The molecule has 1 unspecified atom stereocenters. The maximum absolute atomic E-state index is 12.0. The van der Waals surface area contributed by atoms with Crippen LogP contribution in [0, 0.1) is 0 Å². The predicted octanol–water partition coefficient (Wildman–Crippen LogP) is 2.56. The number of ether oxygens (including phenoxy) is 3. The second kappa shape index (κ2) is 7.36. The number of hydrogen-bond donors (Lipinski definition) is 2. The van der Waals surface area contributed by atoms with Gasteiger partial charge in [0, 0.05) is 19.1 Å². The Kier molecular flexibility index (Phi) is 5.26. The normalized spacial score (nSPS) is 11.4. The number of nitrogen functional groups attached to an aromatic ring is 1. The van der Waals surface area contributed by atoms with Crippen LogP contribution >= 0.6 is 0 Å². The van der Waals surface area contributed by atoms with Gasteiger partial charge in [0.05, 0.1) is 23.9 Å². The zero-order chi connectivity index (χ0) is 17.7. The first-order chi connectivity index (χ1) is 11.4. The summed E-state index contributed by atoms with van der Waals surface area (Å²) in [6.07, 6.45) is -0.961. The molecule has 0 heterocycles. The third kappa shape index (κ3) is 3.95. The third-order valence-electron chi connectivity index (χ3n) is 3.14. The van der Waals surface area contributed by atoms with E-state index in [9.17, 15) is 9.59 Å². The predicted molar refractivity (Wildman–Crippen MR) is 86.3 cm³/mol. The quantitative estimate of drug-likeness (QED) is 0.476. The van der Waals surface area contributed by atoms with Crippen molar-refractivity contribution in [3.63, 3.8) is 0 Å². The highest BCUT2D eigenvalue weighted by molar-refractivity contribution is 5.94. The molecule has 0 aliphatic rings. The van der Waals surface area contributed by atoms with Crippen molar-refractivity contribution in [2.45, 2.75) is 13.2 Å². The minimum atomic E-state index is -1.20. The van der Waals surface area contributed by atoms with E-state index in [0.717, 1.165) is 0 Å². The molecule has 7 heteroatoms. The lowest BCUT2D eigenvalue weighted by Gasteiger charge is -2.18. The number of carboxylic acids is 1. The molecule has 0 amide bonds. The second-order valence-corrected chi connectivity index (χ2v) is 4.85. The summed E-state index contributed by atoms with van der Waals surface area (Å²) in [5.74, 6) is -1.41. The molecule has 0 bridgehead atoms. The molecule has 24 heavy (non-hydrogen) atoms. The minimum Gasteiger partial charge on any atom is -0.493 e. The van der Waals surface area contributed by atoms with E-state index in [0.29, 0.717) is 5.56 Å². The van der Waals surface area contributed by atoms with Crippen LogP contribution in [0.15, 0.2) is 42.5 Å². The van der Waals surface area contributed by atoms with Crippen molar-refractivity contribution in [3.8, 4) is 11.5 Å². The lowest BCUT2D eigenvalue weighted by molar-refractivity contribution is -0.0381. The van der Waals surface area contributed by atoms with Crippen molar-refractivity contribution in [2.75, 3.05) is 12.8 Å². The van der Waals surface area contributed by atoms with Crippen LogP contribution in [0.4, 0.5) is 5.69 Å². The molecule has 2 aromatic carbocycles. The zero-order valence-electron chi connectivity index (χ0n) is 13.2. The number of carbonyl (C=O) groups is 2. The molecule has 0 fully saturated rings. The highest BCUT2D eigenvalue weighted by Crippen LogP contribution is 2.33. The molecule has 0 saturated heterocycles. The van der Waals surface area contributed by atoms with Gasteiger partial charge in [-0.15, -0.1) is 0 Å². The number of anilines is 1. The van der Waals surface area contributed by atoms with Gasteiger partial charge >= 0.3 is 11.9 Å². The van der Waals surface area contributed by atoms with E-state index in [1.165, 1.54) is 26.2 Å². The monoisotopic (exact) mass is 331 g/mol. The first-order valence-corrected chi connectivity index (χ1v) is 7.06.